The number of hydrogen-bond acceptors (Lipinski definition) is 2. The van der Waals surface area contributed by atoms with Gasteiger partial charge in [0.1, 0.15) is 5.82 Å². The van der Waals surface area contributed by atoms with Crippen LogP contribution in [0.15, 0.2) is 48.8 Å². The van der Waals surface area contributed by atoms with Gasteiger partial charge in [-0.3, -0.25) is 4.98 Å². The Kier molecular flexibility index (Phi) is 3.48. The fraction of sp³-hybridized carbons (Fsp3) is 0. The standard InChI is InChI=1S/C14H10FNO2/c15-13-9-12(10-5-7-16-8-6-10)2-1-11(13)3-4-14(17)18/h1-9H,(H,17,18). The molecular weight excluding hydrogens is 233 g/mol. The summed E-state index contributed by atoms with van der Waals surface area (Å²) in [5.74, 6) is -1.56. The highest BCUT2D eigenvalue weighted by molar-refractivity contribution is 5.85. The maximum absolute atomic E-state index is 13.7. The molecule has 0 aliphatic rings. The van der Waals surface area contributed by atoms with Crippen LogP contribution in [0.5, 0.6) is 0 Å². The maximum Gasteiger partial charge on any atom is 0.328 e. The van der Waals surface area contributed by atoms with Crippen LogP contribution >= 0.6 is 0 Å². The van der Waals surface area contributed by atoms with Gasteiger partial charge in [-0.25, -0.2) is 9.18 Å². The van der Waals surface area contributed by atoms with Gasteiger partial charge in [-0.1, -0.05) is 12.1 Å². The Labute approximate surface area is 103 Å². The number of nitrogens with zero attached hydrogens (tertiary/aromatic N) is 1. The van der Waals surface area contributed by atoms with E-state index in [0.29, 0.717) is 0 Å². The van der Waals surface area contributed by atoms with Crippen LogP contribution in [-0.2, 0) is 4.79 Å². The number of halogens is 1. The van der Waals surface area contributed by atoms with Gasteiger partial charge in [0, 0.05) is 24.0 Å². The maximum atomic E-state index is 13.7. The van der Waals surface area contributed by atoms with E-state index in [0.717, 1.165) is 17.2 Å². The molecule has 18 heavy (non-hydrogen) atoms. The minimum absolute atomic E-state index is 0.246. The van der Waals surface area contributed by atoms with E-state index in [1.54, 1.807) is 36.7 Å². The van der Waals surface area contributed by atoms with Crippen LogP contribution < -0.4 is 0 Å². The molecule has 90 valence electrons. The van der Waals surface area contributed by atoms with Crippen LogP contribution in [0.3, 0.4) is 0 Å². The molecule has 1 N–H and O–H groups in total. The summed E-state index contributed by atoms with van der Waals surface area (Å²) in [6.07, 6.45) is 5.40. The molecule has 0 spiro atoms. The summed E-state index contributed by atoms with van der Waals surface area (Å²) in [5.41, 5.74) is 1.83. The molecule has 0 unspecified atom stereocenters. The number of benzene rings is 1. The van der Waals surface area contributed by atoms with Gasteiger partial charge < -0.3 is 5.11 Å². The molecule has 2 rings (SSSR count). The van der Waals surface area contributed by atoms with E-state index in [2.05, 4.69) is 4.98 Å². The average molecular weight is 243 g/mol. The number of carbonyl (C=O) groups is 1. The van der Waals surface area contributed by atoms with Gasteiger partial charge in [0.25, 0.3) is 0 Å². The zero-order valence-electron chi connectivity index (χ0n) is 9.38. The van der Waals surface area contributed by atoms with E-state index < -0.39 is 11.8 Å². The number of hydrogen-bond donors (Lipinski definition) is 1. The number of carboxylic acids is 1. The van der Waals surface area contributed by atoms with Crippen LogP contribution in [0.2, 0.25) is 0 Å². The van der Waals surface area contributed by atoms with Crippen molar-refractivity contribution in [3.63, 3.8) is 0 Å². The van der Waals surface area contributed by atoms with Crippen molar-refractivity contribution in [2.75, 3.05) is 0 Å². The van der Waals surface area contributed by atoms with E-state index >= 15 is 0 Å². The van der Waals surface area contributed by atoms with E-state index in [1.165, 1.54) is 12.1 Å². The molecule has 0 saturated heterocycles. The molecule has 0 bridgehead atoms. The molecule has 0 radical (unpaired) electrons. The quantitative estimate of drug-likeness (QED) is 0.843. The van der Waals surface area contributed by atoms with Gasteiger partial charge >= 0.3 is 5.97 Å². The zero-order valence-corrected chi connectivity index (χ0v) is 9.38. The number of carboxylic acid groups (broad SMARTS) is 1. The van der Waals surface area contributed by atoms with Gasteiger partial charge in [-0.15, -0.1) is 0 Å². The van der Waals surface area contributed by atoms with E-state index in [9.17, 15) is 9.18 Å². The second-order valence-corrected chi connectivity index (χ2v) is 3.64. The second kappa shape index (κ2) is 5.23. The van der Waals surface area contributed by atoms with Gasteiger partial charge in [0.05, 0.1) is 0 Å². The van der Waals surface area contributed by atoms with E-state index in [-0.39, 0.29) is 5.56 Å². The highest BCUT2D eigenvalue weighted by atomic mass is 19.1. The lowest BCUT2D eigenvalue weighted by Crippen LogP contribution is -1.88. The van der Waals surface area contributed by atoms with E-state index in [4.69, 9.17) is 5.11 Å². The first-order valence-electron chi connectivity index (χ1n) is 5.28. The molecule has 1 aromatic heterocycles. The van der Waals surface area contributed by atoms with Crippen molar-refractivity contribution in [1.82, 2.24) is 4.98 Å². The molecule has 0 saturated carbocycles. The average Bonchev–Trinajstić information content (AvgIpc) is 2.38. The lowest BCUT2D eigenvalue weighted by molar-refractivity contribution is -0.131. The van der Waals surface area contributed by atoms with Crippen molar-refractivity contribution >= 4 is 12.0 Å². The highest BCUT2D eigenvalue weighted by Crippen LogP contribution is 2.21. The Hall–Kier alpha value is -2.49. The summed E-state index contributed by atoms with van der Waals surface area (Å²) in [7, 11) is 0. The molecule has 4 heteroatoms. The fourth-order valence-corrected chi connectivity index (χ4v) is 1.55. The molecule has 2 aromatic rings. The summed E-state index contributed by atoms with van der Waals surface area (Å²) in [6.45, 7) is 0. The van der Waals surface area contributed by atoms with Crippen molar-refractivity contribution in [2.24, 2.45) is 0 Å². The van der Waals surface area contributed by atoms with Gasteiger partial charge in [-0.2, -0.15) is 0 Å². The summed E-state index contributed by atoms with van der Waals surface area (Å²) < 4.78 is 13.7. The predicted octanol–water partition coefficient (Wildman–Crippen LogP) is 2.99. The Morgan fingerprint density at radius 1 is 1.17 bits per heavy atom. The van der Waals surface area contributed by atoms with Gasteiger partial charge in [0.2, 0.25) is 0 Å². The molecular formula is C14H10FNO2. The summed E-state index contributed by atoms with van der Waals surface area (Å²) in [4.78, 5) is 14.2. The zero-order chi connectivity index (χ0) is 13.0. The monoisotopic (exact) mass is 243 g/mol. The van der Waals surface area contributed by atoms with Crippen LogP contribution in [-0.4, -0.2) is 16.1 Å². The first kappa shape index (κ1) is 12.0. The topological polar surface area (TPSA) is 50.2 Å². The second-order valence-electron chi connectivity index (χ2n) is 3.64. The van der Waals surface area contributed by atoms with Gasteiger partial charge in [-0.05, 0) is 35.4 Å². The van der Waals surface area contributed by atoms with Crippen molar-refractivity contribution in [3.8, 4) is 11.1 Å². The summed E-state index contributed by atoms with van der Waals surface area (Å²) in [5, 5.41) is 8.48. The van der Waals surface area contributed by atoms with Gasteiger partial charge in [0.15, 0.2) is 0 Å². The van der Waals surface area contributed by atoms with Crippen LogP contribution in [0, 0.1) is 5.82 Å². The van der Waals surface area contributed by atoms with Crippen molar-refractivity contribution in [1.29, 1.82) is 0 Å². The van der Waals surface area contributed by atoms with Crippen molar-refractivity contribution in [3.05, 3.63) is 60.2 Å². The number of pyridine rings is 1. The Morgan fingerprint density at radius 3 is 2.50 bits per heavy atom. The lowest BCUT2D eigenvalue weighted by Gasteiger charge is -2.03. The largest absolute Gasteiger partial charge is 0.478 e. The molecule has 0 atom stereocenters. The Morgan fingerprint density at radius 2 is 1.89 bits per heavy atom. The first-order valence-corrected chi connectivity index (χ1v) is 5.28. The molecule has 3 nitrogen and oxygen atoms in total. The Balaban J connectivity index is 2.34. The third kappa shape index (κ3) is 2.79. The third-order valence-corrected chi connectivity index (χ3v) is 2.42. The minimum atomic E-state index is -1.10. The third-order valence-electron chi connectivity index (χ3n) is 2.42. The van der Waals surface area contributed by atoms with Crippen molar-refractivity contribution < 1.29 is 14.3 Å². The SMILES string of the molecule is O=C(O)C=Cc1ccc(-c2ccncc2)cc1F. The minimum Gasteiger partial charge on any atom is -0.478 e. The molecule has 0 amide bonds. The molecule has 1 aromatic carbocycles. The van der Waals surface area contributed by atoms with E-state index in [1.807, 2.05) is 0 Å². The normalized spacial score (nSPS) is 10.7. The molecule has 0 aliphatic heterocycles. The number of aromatic nitrogens is 1. The number of rotatable bonds is 3. The van der Waals surface area contributed by atoms with Crippen molar-refractivity contribution in [2.45, 2.75) is 0 Å². The summed E-state index contributed by atoms with van der Waals surface area (Å²) in [6, 6.07) is 8.21. The lowest BCUT2D eigenvalue weighted by atomic mass is 10.0. The Bertz CT molecular complexity index is 594. The fourth-order valence-electron chi connectivity index (χ4n) is 1.55. The molecule has 0 fully saturated rings. The summed E-state index contributed by atoms with van der Waals surface area (Å²) >= 11 is 0. The smallest absolute Gasteiger partial charge is 0.328 e. The molecule has 0 aliphatic carbocycles. The highest BCUT2D eigenvalue weighted by Gasteiger charge is 2.03. The van der Waals surface area contributed by atoms with Crippen LogP contribution in [0.25, 0.3) is 17.2 Å². The molecule has 1 heterocycles. The van der Waals surface area contributed by atoms with Crippen LogP contribution in [0.1, 0.15) is 5.56 Å². The predicted molar refractivity (Wildman–Crippen MR) is 66.3 cm³/mol. The van der Waals surface area contributed by atoms with Crippen LogP contribution in [0.4, 0.5) is 4.39 Å². The first-order chi connectivity index (χ1) is 8.66. The number of aliphatic carboxylic acids is 1.